The van der Waals surface area contributed by atoms with Gasteiger partial charge in [-0.1, -0.05) is 36.4 Å². The van der Waals surface area contributed by atoms with Gasteiger partial charge in [-0.15, -0.1) is 0 Å². The van der Waals surface area contributed by atoms with Gasteiger partial charge in [0.15, 0.2) is 0 Å². The summed E-state index contributed by atoms with van der Waals surface area (Å²) >= 11 is 0. The van der Waals surface area contributed by atoms with Crippen LogP contribution in [-0.2, 0) is 0 Å². The van der Waals surface area contributed by atoms with E-state index in [0.29, 0.717) is 0 Å². The van der Waals surface area contributed by atoms with E-state index in [4.69, 9.17) is 13.3 Å². The van der Waals surface area contributed by atoms with Crippen LogP contribution in [-0.4, -0.2) is 4.98 Å². The number of para-hydroxylation sites is 2. The van der Waals surface area contributed by atoms with Crippen LogP contribution >= 0.6 is 0 Å². The van der Waals surface area contributed by atoms with Crippen molar-refractivity contribution >= 4 is 65.8 Å². The molecule has 0 aliphatic rings. The van der Waals surface area contributed by atoms with Crippen molar-refractivity contribution in [1.82, 2.24) is 4.98 Å². The van der Waals surface area contributed by atoms with Gasteiger partial charge in [-0.3, -0.25) is 4.98 Å². The Bertz CT molecular complexity index is 2020. The van der Waals surface area contributed by atoms with Crippen LogP contribution in [0.5, 0.6) is 0 Å². The maximum atomic E-state index is 6.44. The first-order valence-corrected chi connectivity index (χ1v) is 10.9. The summed E-state index contributed by atoms with van der Waals surface area (Å²) in [5.41, 5.74) is 7.03. The largest absolute Gasteiger partial charge is 0.456 e. The average molecular weight is 425 g/mol. The van der Waals surface area contributed by atoms with Crippen LogP contribution < -0.4 is 0 Å². The first-order valence-electron chi connectivity index (χ1n) is 10.9. The third kappa shape index (κ3) is 2.17. The molecular formula is C29H15NO3. The van der Waals surface area contributed by atoms with E-state index in [0.717, 1.165) is 76.9 Å². The molecule has 0 amide bonds. The van der Waals surface area contributed by atoms with E-state index >= 15 is 0 Å². The molecule has 8 rings (SSSR count). The fourth-order valence-electron chi connectivity index (χ4n) is 5.16. The molecule has 0 fully saturated rings. The van der Waals surface area contributed by atoms with Crippen molar-refractivity contribution in [2.45, 2.75) is 0 Å². The lowest BCUT2D eigenvalue weighted by Crippen LogP contribution is -1.81. The summed E-state index contributed by atoms with van der Waals surface area (Å²) in [5, 5.41) is 6.29. The van der Waals surface area contributed by atoms with E-state index in [1.54, 1.807) is 12.4 Å². The summed E-state index contributed by atoms with van der Waals surface area (Å²) < 4.78 is 19.3. The Labute approximate surface area is 186 Å². The van der Waals surface area contributed by atoms with Crippen LogP contribution in [0, 0.1) is 0 Å². The summed E-state index contributed by atoms with van der Waals surface area (Å²) in [5.74, 6) is 0. The highest BCUT2D eigenvalue weighted by molar-refractivity contribution is 6.33. The van der Waals surface area contributed by atoms with Crippen LogP contribution in [0.3, 0.4) is 0 Å². The number of nitrogens with zero attached hydrogens (tertiary/aromatic N) is 1. The molecule has 0 radical (unpaired) electrons. The number of pyridine rings is 1. The minimum atomic E-state index is 0.801. The fraction of sp³-hybridized carbons (Fsp3) is 0. The van der Waals surface area contributed by atoms with Crippen LogP contribution in [0.25, 0.3) is 76.9 Å². The van der Waals surface area contributed by atoms with Gasteiger partial charge in [0.2, 0.25) is 0 Å². The molecule has 4 heterocycles. The molecule has 0 bridgehead atoms. The monoisotopic (exact) mass is 425 g/mol. The Hall–Kier alpha value is -4.57. The molecule has 0 N–H and O–H groups in total. The van der Waals surface area contributed by atoms with Gasteiger partial charge in [0.1, 0.15) is 33.5 Å². The molecule has 0 saturated carbocycles. The second kappa shape index (κ2) is 6.02. The molecule has 154 valence electrons. The van der Waals surface area contributed by atoms with Gasteiger partial charge < -0.3 is 13.3 Å². The fourth-order valence-corrected chi connectivity index (χ4v) is 5.16. The highest BCUT2D eigenvalue weighted by Gasteiger charge is 2.23. The number of fused-ring (bicyclic) bond motifs is 11. The van der Waals surface area contributed by atoms with Crippen molar-refractivity contribution in [3.05, 3.63) is 91.3 Å². The SMILES string of the molecule is c1ccc2c(c1)oc1c2ccc2oc3cc(-c4ccncc4)c4oc5ccccc5c4c3c21. The molecule has 0 aliphatic heterocycles. The summed E-state index contributed by atoms with van der Waals surface area (Å²) in [6.45, 7) is 0. The second-order valence-corrected chi connectivity index (χ2v) is 8.35. The lowest BCUT2D eigenvalue weighted by atomic mass is 9.98. The number of hydrogen-bond acceptors (Lipinski definition) is 4. The highest BCUT2D eigenvalue weighted by Crippen LogP contribution is 2.47. The van der Waals surface area contributed by atoms with E-state index in [2.05, 4.69) is 29.2 Å². The molecule has 0 saturated heterocycles. The van der Waals surface area contributed by atoms with Crippen molar-refractivity contribution < 1.29 is 13.3 Å². The Balaban J connectivity index is 1.66. The first kappa shape index (κ1) is 17.0. The predicted molar refractivity (Wildman–Crippen MR) is 132 cm³/mol. The zero-order chi connectivity index (χ0) is 21.5. The van der Waals surface area contributed by atoms with E-state index < -0.39 is 0 Å². The lowest BCUT2D eigenvalue weighted by molar-refractivity contribution is 0.660. The van der Waals surface area contributed by atoms with E-state index in [-0.39, 0.29) is 0 Å². The van der Waals surface area contributed by atoms with Gasteiger partial charge in [0.05, 0.1) is 5.39 Å². The maximum absolute atomic E-state index is 6.44. The van der Waals surface area contributed by atoms with Gasteiger partial charge in [0, 0.05) is 44.9 Å². The summed E-state index contributed by atoms with van der Waals surface area (Å²) in [7, 11) is 0. The predicted octanol–water partition coefficient (Wildman–Crippen LogP) is 8.45. The Morgan fingerprint density at radius 3 is 2.06 bits per heavy atom. The zero-order valence-electron chi connectivity index (χ0n) is 17.3. The zero-order valence-corrected chi connectivity index (χ0v) is 17.3. The van der Waals surface area contributed by atoms with Crippen molar-refractivity contribution in [2.24, 2.45) is 0 Å². The molecule has 0 aliphatic carbocycles. The smallest absolute Gasteiger partial charge is 0.147 e. The van der Waals surface area contributed by atoms with Crippen LogP contribution in [0.4, 0.5) is 0 Å². The van der Waals surface area contributed by atoms with Gasteiger partial charge in [0.25, 0.3) is 0 Å². The highest BCUT2D eigenvalue weighted by atomic mass is 16.3. The van der Waals surface area contributed by atoms with E-state index in [1.165, 1.54) is 0 Å². The molecular weight excluding hydrogens is 410 g/mol. The van der Waals surface area contributed by atoms with Gasteiger partial charge in [-0.25, -0.2) is 0 Å². The number of benzene rings is 4. The quantitative estimate of drug-likeness (QED) is 0.265. The summed E-state index contributed by atoms with van der Waals surface area (Å²) in [6, 6.07) is 26.5. The molecule has 4 heteroatoms. The van der Waals surface area contributed by atoms with Crippen molar-refractivity contribution in [3.63, 3.8) is 0 Å². The van der Waals surface area contributed by atoms with E-state index in [1.807, 2.05) is 54.6 Å². The molecule has 4 nitrogen and oxygen atoms in total. The van der Waals surface area contributed by atoms with Crippen molar-refractivity contribution in [1.29, 1.82) is 0 Å². The van der Waals surface area contributed by atoms with Crippen molar-refractivity contribution in [3.8, 4) is 11.1 Å². The molecule has 8 aromatic rings. The average Bonchev–Trinajstić information content (AvgIpc) is 3.54. The maximum Gasteiger partial charge on any atom is 0.147 e. The standard InChI is InChI=1S/C29H15NO3/c1-3-7-21-17(5-1)18-9-10-23-27(28(18)32-21)26-24(31-23)15-20(16-11-13-30-14-12-16)29-25(26)19-6-2-4-8-22(19)33-29/h1-15H. The number of rotatable bonds is 1. The summed E-state index contributed by atoms with van der Waals surface area (Å²) in [4.78, 5) is 4.18. The second-order valence-electron chi connectivity index (χ2n) is 8.35. The molecule has 0 spiro atoms. The molecule has 0 unspecified atom stereocenters. The van der Waals surface area contributed by atoms with E-state index in [9.17, 15) is 0 Å². The number of furan rings is 3. The van der Waals surface area contributed by atoms with Crippen LogP contribution in [0.2, 0.25) is 0 Å². The summed E-state index contributed by atoms with van der Waals surface area (Å²) in [6.07, 6.45) is 3.59. The number of hydrogen-bond donors (Lipinski definition) is 0. The Kier molecular flexibility index (Phi) is 3.11. The van der Waals surface area contributed by atoms with Crippen molar-refractivity contribution in [2.75, 3.05) is 0 Å². The topological polar surface area (TPSA) is 52.3 Å². The first-order chi connectivity index (χ1) is 16.4. The minimum Gasteiger partial charge on any atom is -0.456 e. The van der Waals surface area contributed by atoms with Crippen LogP contribution in [0.15, 0.2) is 105 Å². The Morgan fingerprint density at radius 1 is 0.485 bits per heavy atom. The van der Waals surface area contributed by atoms with Crippen LogP contribution in [0.1, 0.15) is 0 Å². The minimum absolute atomic E-state index is 0.801. The number of aromatic nitrogens is 1. The molecule has 4 aromatic heterocycles. The molecule has 0 atom stereocenters. The lowest BCUT2D eigenvalue weighted by Gasteiger charge is -2.03. The molecule has 4 aromatic carbocycles. The third-order valence-corrected chi connectivity index (χ3v) is 6.58. The van der Waals surface area contributed by atoms with Gasteiger partial charge in [-0.05, 0) is 48.0 Å². The normalized spacial score (nSPS) is 12.2. The molecule has 33 heavy (non-hydrogen) atoms. The van der Waals surface area contributed by atoms with Gasteiger partial charge >= 0.3 is 0 Å². The third-order valence-electron chi connectivity index (χ3n) is 6.58. The van der Waals surface area contributed by atoms with Gasteiger partial charge in [-0.2, -0.15) is 0 Å². The Morgan fingerprint density at radius 2 is 1.21 bits per heavy atom.